The molecule has 0 bridgehead atoms. The lowest BCUT2D eigenvalue weighted by Gasteiger charge is -2.13. The average Bonchev–Trinajstić information content (AvgIpc) is 2.43. The van der Waals surface area contributed by atoms with Crippen molar-refractivity contribution in [2.75, 3.05) is 6.54 Å². The minimum atomic E-state index is -0.926. The smallest absolute Gasteiger partial charge is 0.303 e. The minimum absolute atomic E-state index is 0.0143. The molecule has 22 heavy (non-hydrogen) atoms. The fourth-order valence-electron chi connectivity index (χ4n) is 1.81. The van der Waals surface area contributed by atoms with E-state index < -0.39 is 17.7 Å². The fraction of sp³-hybridized carbons (Fsp3) is 0.400. The van der Waals surface area contributed by atoms with Gasteiger partial charge >= 0.3 is 5.97 Å². The number of aliphatic carboxylic acids is 1. The summed E-state index contributed by atoms with van der Waals surface area (Å²) < 4.78 is 13.0. The van der Waals surface area contributed by atoms with Gasteiger partial charge in [-0.1, -0.05) is 12.1 Å². The van der Waals surface area contributed by atoms with E-state index in [1.165, 1.54) is 18.2 Å². The molecule has 0 heterocycles. The van der Waals surface area contributed by atoms with Gasteiger partial charge in [0.2, 0.25) is 11.8 Å². The van der Waals surface area contributed by atoms with E-state index in [2.05, 4.69) is 10.6 Å². The second kappa shape index (κ2) is 8.76. The number of rotatable bonds is 8. The Hall–Kier alpha value is -2.44. The van der Waals surface area contributed by atoms with Gasteiger partial charge in [0.1, 0.15) is 5.82 Å². The highest BCUT2D eigenvalue weighted by Gasteiger charge is 2.11. The SMILES string of the molecule is CC(CCC(=O)O)NC(=O)CNC(=O)Cc1cccc(F)c1. The first-order valence-corrected chi connectivity index (χ1v) is 6.89. The Morgan fingerprint density at radius 1 is 1.27 bits per heavy atom. The lowest BCUT2D eigenvalue weighted by molar-refractivity contribution is -0.137. The van der Waals surface area contributed by atoms with E-state index in [0.29, 0.717) is 12.0 Å². The molecule has 2 amide bonds. The summed E-state index contributed by atoms with van der Waals surface area (Å²) in [6, 6.07) is 5.38. The normalized spacial score (nSPS) is 11.5. The Kier molecular flexibility index (Phi) is 7.01. The summed E-state index contributed by atoms with van der Waals surface area (Å²) in [4.78, 5) is 33.6. The zero-order valence-electron chi connectivity index (χ0n) is 12.3. The highest BCUT2D eigenvalue weighted by molar-refractivity contribution is 5.85. The highest BCUT2D eigenvalue weighted by atomic mass is 19.1. The van der Waals surface area contributed by atoms with Gasteiger partial charge in [-0.05, 0) is 31.0 Å². The summed E-state index contributed by atoms with van der Waals surface area (Å²) >= 11 is 0. The molecule has 0 saturated carbocycles. The first-order valence-electron chi connectivity index (χ1n) is 6.89. The third-order valence-corrected chi connectivity index (χ3v) is 2.90. The first-order chi connectivity index (χ1) is 10.4. The molecular weight excluding hydrogens is 291 g/mol. The lowest BCUT2D eigenvalue weighted by Crippen LogP contribution is -2.41. The predicted octanol–water partition coefficient (Wildman–Crippen LogP) is 0.854. The number of carbonyl (C=O) groups is 3. The maximum atomic E-state index is 13.0. The molecule has 120 valence electrons. The maximum Gasteiger partial charge on any atom is 0.303 e. The first kappa shape index (κ1) is 17.6. The molecule has 0 radical (unpaired) electrons. The molecule has 1 aromatic carbocycles. The summed E-state index contributed by atoms with van der Waals surface area (Å²) in [5.41, 5.74) is 0.521. The van der Waals surface area contributed by atoms with Crippen molar-refractivity contribution >= 4 is 17.8 Å². The van der Waals surface area contributed by atoms with Crippen LogP contribution in [0.3, 0.4) is 0 Å². The molecule has 0 aliphatic heterocycles. The Bertz CT molecular complexity index is 548. The summed E-state index contributed by atoms with van der Waals surface area (Å²) in [5.74, 6) is -2.13. The largest absolute Gasteiger partial charge is 0.481 e. The molecule has 1 unspecified atom stereocenters. The summed E-state index contributed by atoms with van der Waals surface area (Å²) in [7, 11) is 0. The van der Waals surface area contributed by atoms with E-state index in [0.717, 1.165) is 0 Å². The number of carboxylic acid groups (broad SMARTS) is 1. The Morgan fingerprint density at radius 2 is 2.00 bits per heavy atom. The number of halogens is 1. The molecule has 0 aromatic heterocycles. The van der Waals surface area contributed by atoms with Crippen LogP contribution in [0.25, 0.3) is 0 Å². The Labute approximate surface area is 127 Å². The maximum absolute atomic E-state index is 13.0. The molecule has 0 aliphatic rings. The van der Waals surface area contributed by atoms with Gasteiger partial charge in [0.05, 0.1) is 13.0 Å². The van der Waals surface area contributed by atoms with Crippen molar-refractivity contribution in [2.24, 2.45) is 0 Å². The standard InChI is InChI=1S/C15H19FN2O4/c1-10(5-6-15(21)22)18-14(20)9-17-13(19)8-11-3-2-4-12(16)7-11/h2-4,7,10H,5-6,8-9H2,1H3,(H,17,19)(H,18,20)(H,21,22). The van der Waals surface area contributed by atoms with Crippen LogP contribution in [0.4, 0.5) is 4.39 Å². The van der Waals surface area contributed by atoms with Crippen molar-refractivity contribution in [3.05, 3.63) is 35.6 Å². The number of hydrogen-bond acceptors (Lipinski definition) is 3. The van der Waals surface area contributed by atoms with Crippen LogP contribution >= 0.6 is 0 Å². The molecule has 0 saturated heterocycles. The van der Waals surface area contributed by atoms with Gasteiger partial charge in [-0.15, -0.1) is 0 Å². The molecule has 3 N–H and O–H groups in total. The highest BCUT2D eigenvalue weighted by Crippen LogP contribution is 2.04. The monoisotopic (exact) mass is 310 g/mol. The van der Waals surface area contributed by atoms with Crippen molar-refractivity contribution in [1.29, 1.82) is 0 Å². The van der Waals surface area contributed by atoms with Crippen LogP contribution in [0.15, 0.2) is 24.3 Å². The summed E-state index contributed by atoms with van der Waals surface area (Å²) in [6.07, 6.45) is 0.269. The van der Waals surface area contributed by atoms with Gasteiger partial charge in [0, 0.05) is 12.5 Å². The molecule has 6 nitrogen and oxygen atoms in total. The Balaban J connectivity index is 2.28. The molecule has 0 spiro atoms. The number of benzene rings is 1. The van der Waals surface area contributed by atoms with Crippen LogP contribution in [-0.2, 0) is 20.8 Å². The van der Waals surface area contributed by atoms with Gasteiger partial charge in [0.15, 0.2) is 0 Å². The molecule has 0 aliphatic carbocycles. The second-order valence-electron chi connectivity index (χ2n) is 4.98. The second-order valence-corrected chi connectivity index (χ2v) is 4.98. The average molecular weight is 310 g/mol. The number of amides is 2. The fourth-order valence-corrected chi connectivity index (χ4v) is 1.81. The van der Waals surface area contributed by atoms with E-state index in [4.69, 9.17) is 5.11 Å². The third-order valence-electron chi connectivity index (χ3n) is 2.90. The molecule has 1 rings (SSSR count). The number of carbonyl (C=O) groups excluding carboxylic acids is 2. The van der Waals surface area contributed by atoms with Crippen LogP contribution in [0.5, 0.6) is 0 Å². The third kappa shape index (κ3) is 7.37. The van der Waals surface area contributed by atoms with E-state index in [1.807, 2.05) is 0 Å². The number of hydrogen-bond donors (Lipinski definition) is 3. The van der Waals surface area contributed by atoms with E-state index in [9.17, 15) is 18.8 Å². The van der Waals surface area contributed by atoms with Gasteiger partial charge in [-0.25, -0.2) is 4.39 Å². The van der Waals surface area contributed by atoms with Crippen LogP contribution in [0.2, 0.25) is 0 Å². The molecule has 1 aromatic rings. The number of carboxylic acids is 1. The van der Waals surface area contributed by atoms with Crippen molar-refractivity contribution in [3.63, 3.8) is 0 Å². The van der Waals surface area contributed by atoms with E-state index in [-0.39, 0.29) is 31.3 Å². The summed E-state index contributed by atoms with van der Waals surface area (Å²) in [6.45, 7) is 1.49. The zero-order valence-corrected chi connectivity index (χ0v) is 12.3. The van der Waals surface area contributed by atoms with E-state index in [1.54, 1.807) is 13.0 Å². The number of nitrogens with one attached hydrogen (secondary N) is 2. The van der Waals surface area contributed by atoms with Gasteiger partial charge in [-0.3, -0.25) is 14.4 Å². The molecular formula is C15H19FN2O4. The minimum Gasteiger partial charge on any atom is -0.481 e. The van der Waals surface area contributed by atoms with Gasteiger partial charge in [-0.2, -0.15) is 0 Å². The summed E-state index contributed by atoms with van der Waals surface area (Å²) in [5, 5.41) is 13.6. The quantitative estimate of drug-likeness (QED) is 0.663. The van der Waals surface area contributed by atoms with Crippen molar-refractivity contribution < 1.29 is 23.9 Å². The van der Waals surface area contributed by atoms with Crippen LogP contribution in [0, 0.1) is 5.82 Å². The topological polar surface area (TPSA) is 95.5 Å². The Morgan fingerprint density at radius 3 is 2.64 bits per heavy atom. The zero-order chi connectivity index (χ0) is 16.5. The van der Waals surface area contributed by atoms with Gasteiger partial charge in [0.25, 0.3) is 0 Å². The van der Waals surface area contributed by atoms with Crippen LogP contribution in [-0.4, -0.2) is 35.5 Å². The molecule has 0 fully saturated rings. The van der Waals surface area contributed by atoms with Crippen LogP contribution in [0.1, 0.15) is 25.3 Å². The van der Waals surface area contributed by atoms with Gasteiger partial charge < -0.3 is 15.7 Å². The van der Waals surface area contributed by atoms with Crippen molar-refractivity contribution in [2.45, 2.75) is 32.2 Å². The van der Waals surface area contributed by atoms with Crippen molar-refractivity contribution in [3.8, 4) is 0 Å². The predicted molar refractivity (Wildman–Crippen MR) is 77.6 cm³/mol. The molecule has 7 heteroatoms. The van der Waals surface area contributed by atoms with Crippen molar-refractivity contribution in [1.82, 2.24) is 10.6 Å². The lowest BCUT2D eigenvalue weighted by atomic mass is 10.1. The van der Waals surface area contributed by atoms with E-state index >= 15 is 0 Å². The molecule has 1 atom stereocenters. The van der Waals surface area contributed by atoms with Crippen LogP contribution < -0.4 is 10.6 Å².